The summed E-state index contributed by atoms with van der Waals surface area (Å²) in [6, 6.07) is 21.3. The summed E-state index contributed by atoms with van der Waals surface area (Å²) in [5, 5.41) is 6.01. The number of rotatable bonds is 5. The predicted molar refractivity (Wildman–Crippen MR) is 132 cm³/mol. The van der Waals surface area contributed by atoms with Gasteiger partial charge < -0.3 is 9.73 Å². The lowest BCUT2D eigenvalue weighted by Gasteiger charge is -2.10. The van der Waals surface area contributed by atoms with Crippen LogP contribution in [0.25, 0.3) is 11.1 Å². The number of oxazole rings is 1. The first-order chi connectivity index (χ1) is 15.4. The molecule has 0 atom stereocenters. The van der Waals surface area contributed by atoms with Crippen LogP contribution in [-0.4, -0.2) is 16.0 Å². The zero-order valence-corrected chi connectivity index (χ0v) is 19.1. The fourth-order valence-electron chi connectivity index (χ4n) is 3.43. The number of fused-ring (bicyclic) bond motifs is 1. The molecular formula is C26H25N3O2S. The van der Waals surface area contributed by atoms with Crippen molar-refractivity contribution >= 4 is 40.0 Å². The highest BCUT2D eigenvalue weighted by molar-refractivity contribution is 7.80. The number of carbonyl (C=O) groups excluding carboxylic acids is 1. The molecule has 4 aromatic rings. The van der Waals surface area contributed by atoms with E-state index in [1.807, 2.05) is 55.5 Å². The summed E-state index contributed by atoms with van der Waals surface area (Å²) in [5.74, 6) is 0.897. The number of anilines is 1. The van der Waals surface area contributed by atoms with Crippen molar-refractivity contribution in [2.24, 2.45) is 0 Å². The van der Waals surface area contributed by atoms with Crippen molar-refractivity contribution in [3.63, 3.8) is 0 Å². The van der Waals surface area contributed by atoms with Gasteiger partial charge in [0.15, 0.2) is 16.6 Å². The molecular weight excluding hydrogens is 418 g/mol. The van der Waals surface area contributed by atoms with Crippen LogP contribution in [0.5, 0.6) is 0 Å². The van der Waals surface area contributed by atoms with Crippen LogP contribution >= 0.6 is 12.2 Å². The zero-order chi connectivity index (χ0) is 22.7. The summed E-state index contributed by atoms with van der Waals surface area (Å²) in [6.07, 6.45) is 0.598. The van der Waals surface area contributed by atoms with E-state index < -0.39 is 0 Å². The number of nitrogens with zero attached hydrogens (tertiary/aromatic N) is 1. The average molecular weight is 444 g/mol. The van der Waals surface area contributed by atoms with Gasteiger partial charge in [-0.2, -0.15) is 0 Å². The number of hydrogen-bond acceptors (Lipinski definition) is 4. The van der Waals surface area contributed by atoms with Crippen LogP contribution in [0.4, 0.5) is 5.69 Å². The van der Waals surface area contributed by atoms with E-state index in [1.54, 1.807) is 6.07 Å². The van der Waals surface area contributed by atoms with Gasteiger partial charge in [0.2, 0.25) is 0 Å². The van der Waals surface area contributed by atoms with Gasteiger partial charge >= 0.3 is 0 Å². The van der Waals surface area contributed by atoms with E-state index in [0.717, 1.165) is 27.9 Å². The molecule has 0 saturated carbocycles. The topological polar surface area (TPSA) is 67.2 Å². The number of benzene rings is 3. The molecule has 4 rings (SSSR count). The maximum Gasteiger partial charge on any atom is 0.257 e. The fourth-order valence-corrected chi connectivity index (χ4v) is 3.64. The number of nitrogens with one attached hydrogen (secondary N) is 2. The molecule has 0 aliphatic rings. The first kappa shape index (κ1) is 21.7. The van der Waals surface area contributed by atoms with Crippen molar-refractivity contribution in [1.82, 2.24) is 10.3 Å². The number of carbonyl (C=O) groups is 1. The van der Waals surface area contributed by atoms with Gasteiger partial charge in [-0.3, -0.25) is 10.1 Å². The van der Waals surface area contributed by atoms with Crippen LogP contribution in [-0.2, 0) is 6.42 Å². The van der Waals surface area contributed by atoms with Crippen molar-refractivity contribution < 1.29 is 9.21 Å². The Morgan fingerprint density at radius 2 is 1.84 bits per heavy atom. The summed E-state index contributed by atoms with van der Waals surface area (Å²) in [4.78, 5) is 17.0. The monoisotopic (exact) mass is 443 g/mol. The van der Waals surface area contributed by atoms with Crippen molar-refractivity contribution in [1.29, 1.82) is 0 Å². The smallest absolute Gasteiger partial charge is 0.257 e. The molecule has 0 radical (unpaired) electrons. The van der Waals surface area contributed by atoms with E-state index >= 15 is 0 Å². The Bertz CT molecular complexity index is 1280. The highest BCUT2D eigenvalue weighted by Gasteiger charge is 2.10. The van der Waals surface area contributed by atoms with Crippen LogP contribution in [0.2, 0.25) is 0 Å². The van der Waals surface area contributed by atoms with Gasteiger partial charge in [0.05, 0.1) is 0 Å². The predicted octanol–water partition coefficient (Wildman–Crippen LogP) is 5.98. The summed E-state index contributed by atoms with van der Waals surface area (Å²) in [5.41, 5.74) is 6.40. The number of aromatic nitrogens is 1. The highest BCUT2D eigenvalue weighted by atomic mass is 32.1. The normalized spacial score (nSPS) is 11.0. The van der Waals surface area contributed by atoms with Gasteiger partial charge in [-0.1, -0.05) is 49.7 Å². The lowest BCUT2D eigenvalue weighted by molar-refractivity contribution is 0.0977. The second-order valence-electron chi connectivity index (χ2n) is 8.14. The number of thiocarbonyl (C=S) groups is 1. The van der Waals surface area contributed by atoms with Gasteiger partial charge in [-0.15, -0.1) is 0 Å². The number of aryl methyl sites for hydroxylation is 1. The second kappa shape index (κ2) is 9.32. The minimum atomic E-state index is -0.237. The molecule has 32 heavy (non-hydrogen) atoms. The fraction of sp³-hybridized carbons (Fsp3) is 0.192. The van der Waals surface area contributed by atoms with Gasteiger partial charge in [0.25, 0.3) is 5.91 Å². The Balaban J connectivity index is 1.37. The largest absolute Gasteiger partial charge is 0.440 e. The molecule has 1 heterocycles. The highest BCUT2D eigenvalue weighted by Crippen LogP contribution is 2.23. The summed E-state index contributed by atoms with van der Waals surface area (Å²) in [6.45, 7) is 6.27. The molecule has 2 N–H and O–H groups in total. The molecule has 162 valence electrons. The molecule has 0 saturated heterocycles. The molecule has 6 heteroatoms. The minimum Gasteiger partial charge on any atom is -0.440 e. The Labute approximate surface area is 192 Å². The van der Waals surface area contributed by atoms with Gasteiger partial charge in [-0.05, 0) is 72.6 Å². The summed E-state index contributed by atoms with van der Waals surface area (Å²) >= 11 is 5.28. The lowest BCUT2D eigenvalue weighted by atomic mass is 10.0. The van der Waals surface area contributed by atoms with Crippen LogP contribution in [0.15, 0.2) is 71.1 Å². The van der Waals surface area contributed by atoms with Crippen LogP contribution in [0, 0.1) is 6.92 Å². The van der Waals surface area contributed by atoms with E-state index in [1.165, 1.54) is 5.56 Å². The summed E-state index contributed by atoms with van der Waals surface area (Å²) < 4.78 is 5.90. The van der Waals surface area contributed by atoms with E-state index in [9.17, 15) is 4.79 Å². The third-order valence-electron chi connectivity index (χ3n) is 5.20. The minimum absolute atomic E-state index is 0.237. The van der Waals surface area contributed by atoms with Gasteiger partial charge in [-0.25, -0.2) is 4.98 Å². The number of amides is 1. The Hall–Kier alpha value is -3.51. The third kappa shape index (κ3) is 5.21. The second-order valence-corrected chi connectivity index (χ2v) is 8.55. The van der Waals surface area contributed by atoms with Crippen molar-refractivity contribution in [3.8, 4) is 0 Å². The van der Waals surface area contributed by atoms with Gasteiger partial charge in [0, 0.05) is 17.7 Å². The van der Waals surface area contributed by atoms with Crippen molar-refractivity contribution in [3.05, 3.63) is 94.9 Å². The molecule has 0 unspecified atom stereocenters. The average Bonchev–Trinajstić information content (AvgIpc) is 3.16. The lowest BCUT2D eigenvalue weighted by Crippen LogP contribution is -2.34. The van der Waals surface area contributed by atoms with Gasteiger partial charge in [0.1, 0.15) is 5.52 Å². The number of hydrogen-bond donors (Lipinski definition) is 2. The van der Waals surface area contributed by atoms with E-state index in [2.05, 4.69) is 41.6 Å². The molecule has 1 aromatic heterocycles. The molecule has 0 aliphatic carbocycles. The van der Waals surface area contributed by atoms with E-state index in [-0.39, 0.29) is 11.0 Å². The molecule has 1 amide bonds. The first-order valence-electron chi connectivity index (χ1n) is 10.5. The molecule has 0 fully saturated rings. The van der Waals surface area contributed by atoms with Crippen LogP contribution < -0.4 is 10.6 Å². The van der Waals surface area contributed by atoms with Crippen LogP contribution in [0.1, 0.15) is 52.7 Å². The van der Waals surface area contributed by atoms with E-state index in [0.29, 0.717) is 23.8 Å². The maximum absolute atomic E-state index is 12.3. The molecule has 3 aromatic carbocycles. The molecule has 0 spiro atoms. The standard InChI is InChI=1S/C26H25N3O2S/c1-16(2)19-9-12-23-22(15-19)28-24(31-23)14-18-7-10-21(11-8-18)27-26(32)29-25(30)20-6-4-5-17(3)13-20/h4-13,15-16H,14H2,1-3H3,(H2,27,29,30,32). The maximum atomic E-state index is 12.3. The van der Waals surface area contributed by atoms with Crippen molar-refractivity contribution in [2.45, 2.75) is 33.1 Å². The Morgan fingerprint density at radius 1 is 1.06 bits per heavy atom. The molecule has 0 aliphatic heterocycles. The quantitative estimate of drug-likeness (QED) is 0.372. The Kier molecular flexibility index (Phi) is 6.32. The summed E-state index contributed by atoms with van der Waals surface area (Å²) in [7, 11) is 0. The molecule has 0 bridgehead atoms. The SMILES string of the molecule is Cc1cccc(C(=O)NC(=S)Nc2ccc(Cc3nc4cc(C(C)C)ccc4o3)cc2)c1. The first-order valence-corrected chi connectivity index (χ1v) is 11.0. The molecule has 5 nitrogen and oxygen atoms in total. The zero-order valence-electron chi connectivity index (χ0n) is 18.3. The Morgan fingerprint density at radius 3 is 2.56 bits per heavy atom. The van der Waals surface area contributed by atoms with Crippen LogP contribution in [0.3, 0.4) is 0 Å². The third-order valence-corrected chi connectivity index (χ3v) is 5.40. The van der Waals surface area contributed by atoms with E-state index in [4.69, 9.17) is 16.6 Å². The van der Waals surface area contributed by atoms with Crippen molar-refractivity contribution in [2.75, 3.05) is 5.32 Å².